The molecule has 0 aliphatic carbocycles. The Bertz CT molecular complexity index is 992. The van der Waals surface area contributed by atoms with Gasteiger partial charge in [0.15, 0.2) is 5.17 Å². The van der Waals surface area contributed by atoms with Crippen molar-refractivity contribution >= 4 is 63.8 Å². The second-order valence-electron chi connectivity index (χ2n) is 5.64. The zero-order valence-electron chi connectivity index (χ0n) is 14.3. The minimum Gasteiger partial charge on any atom is -0.493 e. The number of carboxylic acid groups (broad SMARTS) is 1. The van der Waals surface area contributed by atoms with Crippen LogP contribution in [-0.4, -0.2) is 28.8 Å². The van der Waals surface area contributed by atoms with E-state index in [1.807, 2.05) is 6.07 Å². The predicted molar refractivity (Wildman–Crippen MR) is 111 cm³/mol. The average molecular weight is 437 g/mol. The Morgan fingerprint density at radius 1 is 1.25 bits per heavy atom. The molecule has 1 aliphatic rings. The fraction of sp³-hybridized carbons (Fsp3) is 0.105. The first kappa shape index (κ1) is 20.3. The lowest BCUT2D eigenvalue weighted by Crippen LogP contribution is -2.19. The lowest BCUT2D eigenvalue weighted by atomic mass is 10.2. The maximum Gasteiger partial charge on any atom is 0.306 e. The van der Waals surface area contributed by atoms with E-state index in [-0.39, 0.29) is 18.9 Å². The quantitative estimate of drug-likeness (QED) is 0.638. The van der Waals surface area contributed by atoms with Crippen molar-refractivity contribution in [2.75, 3.05) is 6.61 Å². The van der Waals surface area contributed by atoms with E-state index in [0.29, 0.717) is 31.6 Å². The van der Waals surface area contributed by atoms with E-state index in [0.717, 1.165) is 5.56 Å². The number of benzene rings is 2. The van der Waals surface area contributed by atoms with Crippen molar-refractivity contribution in [3.63, 3.8) is 0 Å². The number of rotatable bonds is 6. The molecule has 0 radical (unpaired) electrons. The lowest BCUT2D eigenvalue weighted by Gasteiger charge is -2.05. The molecule has 0 saturated carbocycles. The topological polar surface area (TPSA) is 88.0 Å². The number of carboxylic acids is 1. The summed E-state index contributed by atoms with van der Waals surface area (Å²) < 4.78 is 5.41. The summed E-state index contributed by atoms with van der Waals surface area (Å²) in [5.41, 5.74) is 1.25. The molecule has 2 N–H and O–H groups in total. The molecule has 28 heavy (non-hydrogen) atoms. The molecule has 1 heterocycles. The van der Waals surface area contributed by atoms with Crippen LogP contribution >= 0.6 is 35.0 Å². The largest absolute Gasteiger partial charge is 0.493 e. The number of hydrogen-bond acceptors (Lipinski definition) is 5. The van der Waals surface area contributed by atoms with E-state index in [1.165, 1.54) is 11.8 Å². The number of amidine groups is 1. The summed E-state index contributed by atoms with van der Waals surface area (Å²) in [7, 11) is 0. The van der Waals surface area contributed by atoms with Crippen LogP contribution in [0.25, 0.3) is 6.08 Å². The molecular formula is C19H14Cl2N2O4S. The van der Waals surface area contributed by atoms with Gasteiger partial charge in [-0.15, -0.1) is 0 Å². The first-order valence-electron chi connectivity index (χ1n) is 8.10. The highest BCUT2D eigenvalue weighted by atomic mass is 35.5. The van der Waals surface area contributed by atoms with Crippen molar-refractivity contribution in [1.29, 1.82) is 0 Å². The highest BCUT2D eigenvalue weighted by molar-refractivity contribution is 8.18. The Labute approximate surface area is 175 Å². The molecule has 0 aromatic heterocycles. The van der Waals surface area contributed by atoms with Crippen LogP contribution in [0.15, 0.2) is 52.4 Å². The zero-order chi connectivity index (χ0) is 20.1. The van der Waals surface area contributed by atoms with Crippen molar-refractivity contribution in [3.05, 3.63) is 63.0 Å². The summed E-state index contributed by atoms with van der Waals surface area (Å²) >= 11 is 13.2. The second-order valence-corrected chi connectivity index (χ2v) is 7.52. The van der Waals surface area contributed by atoms with Crippen molar-refractivity contribution < 1.29 is 19.4 Å². The van der Waals surface area contributed by atoms with Gasteiger partial charge in [-0.3, -0.25) is 9.59 Å². The smallest absolute Gasteiger partial charge is 0.306 e. The number of nitrogens with one attached hydrogen (secondary N) is 1. The van der Waals surface area contributed by atoms with Gasteiger partial charge in [0, 0.05) is 5.02 Å². The number of halogens is 2. The van der Waals surface area contributed by atoms with Gasteiger partial charge in [0.25, 0.3) is 5.91 Å². The summed E-state index contributed by atoms with van der Waals surface area (Å²) in [6.07, 6.45) is 1.62. The predicted octanol–water partition coefficient (Wildman–Crippen LogP) is 4.74. The van der Waals surface area contributed by atoms with Crippen LogP contribution in [0, 0.1) is 0 Å². The molecular weight excluding hydrogens is 423 g/mol. The van der Waals surface area contributed by atoms with E-state index in [4.69, 9.17) is 33.0 Å². The Balaban J connectivity index is 1.73. The maximum atomic E-state index is 12.2. The van der Waals surface area contributed by atoms with E-state index in [1.54, 1.807) is 42.5 Å². The fourth-order valence-electron chi connectivity index (χ4n) is 2.26. The standard InChI is InChI=1S/C19H14Cl2N2O4S/c20-12-4-5-15(14(21)10-12)22-19-23-18(26)16(28-19)9-11-2-1-3-13(8-11)27-7-6-17(24)25/h1-5,8-10H,6-7H2,(H,24,25)(H,22,23,26)/b16-9+. The molecule has 0 bridgehead atoms. The molecule has 144 valence electrons. The number of ether oxygens (including phenoxy) is 1. The summed E-state index contributed by atoms with van der Waals surface area (Å²) in [4.78, 5) is 27.6. The molecule has 0 unspecified atom stereocenters. The van der Waals surface area contributed by atoms with Crippen LogP contribution in [0.2, 0.25) is 10.0 Å². The van der Waals surface area contributed by atoms with E-state index in [9.17, 15) is 9.59 Å². The third-order valence-corrected chi connectivity index (χ3v) is 4.97. The number of thioether (sulfide) groups is 1. The molecule has 6 nitrogen and oxygen atoms in total. The van der Waals surface area contributed by atoms with Gasteiger partial charge in [-0.05, 0) is 53.7 Å². The normalized spacial score (nSPS) is 16.4. The molecule has 1 aliphatic heterocycles. The van der Waals surface area contributed by atoms with Gasteiger partial charge in [0.05, 0.1) is 28.6 Å². The van der Waals surface area contributed by atoms with Crippen molar-refractivity contribution in [3.8, 4) is 5.75 Å². The van der Waals surface area contributed by atoms with Crippen LogP contribution in [0.3, 0.4) is 0 Å². The van der Waals surface area contributed by atoms with Gasteiger partial charge in [-0.25, -0.2) is 4.99 Å². The van der Waals surface area contributed by atoms with E-state index < -0.39 is 5.97 Å². The van der Waals surface area contributed by atoms with Crippen molar-refractivity contribution in [2.24, 2.45) is 4.99 Å². The van der Waals surface area contributed by atoms with Crippen molar-refractivity contribution in [2.45, 2.75) is 6.42 Å². The molecule has 2 aromatic carbocycles. The molecule has 0 spiro atoms. The SMILES string of the molecule is O=C(O)CCOc1cccc(/C=C2/SC(=Nc3ccc(Cl)cc3Cl)NC2=O)c1. The minimum atomic E-state index is -0.926. The van der Waals surface area contributed by atoms with Gasteiger partial charge < -0.3 is 15.2 Å². The third-order valence-electron chi connectivity index (χ3n) is 3.52. The number of amides is 1. The number of aliphatic imine (C=N–C) groups is 1. The van der Waals surface area contributed by atoms with Crippen molar-refractivity contribution in [1.82, 2.24) is 5.32 Å². The van der Waals surface area contributed by atoms with Gasteiger partial charge in [0.1, 0.15) is 5.75 Å². The van der Waals surface area contributed by atoms with Crippen LogP contribution in [0.5, 0.6) is 5.75 Å². The summed E-state index contributed by atoms with van der Waals surface area (Å²) in [5, 5.41) is 12.7. The third kappa shape index (κ3) is 5.51. The maximum absolute atomic E-state index is 12.2. The Morgan fingerprint density at radius 2 is 2.07 bits per heavy atom. The number of hydrogen-bond donors (Lipinski definition) is 2. The molecule has 1 amide bonds. The molecule has 0 atom stereocenters. The van der Waals surface area contributed by atoms with Crippen LogP contribution in [0.4, 0.5) is 5.69 Å². The van der Waals surface area contributed by atoms with Crippen LogP contribution in [-0.2, 0) is 9.59 Å². The molecule has 2 aromatic rings. The first-order valence-corrected chi connectivity index (χ1v) is 9.67. The number of carbonyl (C=O) groups excluding carboxylic acids is 1. The molecule has 1 saturated heterocycles. The summed E-state index contributed by atoms with van der Waals surface area (Å²) in [6, 6.07) is 12.0. The number of aliphatic carboxylic acids is 1. The number of carbonyl (C=O) groups is 2. The monoisotopic (exact) mass is 436 g/mol. The van der Waals surface area contributed by atoms with E-state index >= 15 is 0 Å². The minimum absolute atomic E-state index is 0.0727. The fourth-order valence-corrected chi connectivity index (χ4v) is 3.55. The highest BCUT2D eigenvalue weighted by Gasteiger charge is 2.24. The highest BCUT2D eigenvalue weighted by Crippen LogP contribution is 2.32. The lowest BCUT2D eigenvalue weighted by molar-refractivity contribution is -0.137. The second kappa shape index (κ2) is 9.14. The zero-order valence-corrected chi connectivity index (χ0v) is 16.6. The molecule has 3 rings (SSSR count). The Kier molecular flexibility index (Phi) is 6.61. The van der Waals surface area contributed by atoms with Gasteiger partial charge in [-0.1, -0.05) is 35.3 Å². The molecule has 9 heteroatoms. The van der Waals surface area contributed by atoms with Gasteiger partial charge in [0.2, 0.25) is 0 Å². The van der Waals surface area contributed by atoms with E-state index in [2.05, 4.69) is 10.3 Å². The summed E-state index contributed by atoms with van der Waals surface area (Å²) in [5.74, 6) is -0.670. The van der Waals surface area contributed by atoms with Gasteiger partial charge in [-0.2, -0.15) is 0 Å². The average Bonchev–Trinajstić information content (AvgIpc) is 2.97. The van der Waals surface area contributed by atoms with Gasteiger partial charge >= 0.3 is 5.97 Å². The first-order chi connectivity index (χ1) is 13.4. The summed E-state index contributed by atoms with van der Waals surface area (Å²) in [6.45, 7) is 0.0727. The number of nitrogens with zero attached hydrogens (tertiary/aromatic N) is 1. The Hall–Kier alpha value is -2.48. The Morgan fingerprint density at radius 3 is 2.82 bits per heavy atom. The van der Waals surface area contributed by atoms with Crippen LogP contribution < -0.4 is 10.1 Å². The van der Waals surface area contributed by atoms with Crippen LogP contribution in [0.1, 0.15) is 12.0 Å². The molecule has 1 fully saturated rings.